The van der Waals surface area contributed by atoms with Crippen molar-refractivity contribution >= 4 is 39.8 Å². The first-order valence-electron chi connectivity index (χ1n) is 5.84. The second-order valence-electron chi connectivity index (χ2n) is 4.22. The van der Waals surface area contributed by atoms with E-state index in [0.717, 1.165) is 34.4 Å². The zero-order valence-electron chi connectivity index (χ0n) is 9.74. The lowest BCUT2D eigenvalue weighted by Crippen LogP contribution is -2.32. The number of carbonyl (C=O) groups excluding carboxylic acids is 1. The van der Waals surface area contributed by atoms with Crippen molar-refractivity contribution in [1.29, 1.82) is 0 Å². The lowest BCUT2D eigenvalue weighted by Gasteiger charge is -2.16. The molecule has 2 unspecified atom stereocenters. The molecule has 5 heteroatoms. The van der Waals surface area contributed by atoms with Gasteiger partial charge in [-0.2, -0.15) is 0 Å². The van der Waals surface area contributed by atoms with E-state index in [-0.39, 0.29) is 5.91 Å². The summed E-state index contributed by atoms with van der Waals surface area (Å²) in [7, 11) is 0. The molecule has 1 aromatic heterocycles. The lowest BCUT2D eigenvalue weighted by atomic mass is 9.99. The molecule has 0 spiro atoms. The van der Waals surface area contributed by atoms with Gasteiger partial charge in [0.1, 0.15) is 0 Å². The standard InChI is InChI=1S/C12H16INO2S/c1-2-10-8(3-4-16-10)6-14-12(15)9-5-11(13)17-7-9/h5,7-8,10H,2-4,6H2,1H3,(H,14,15). The van der Waals surface area contributed by atoms with Gasteiger partial charge in [-0.3, -0.25) is 4.79 Å². The van der Waals surface area contributed by atoms with Crippen molar-refractivity contribution in [1.82, 2.24) is 5.32 Å². The van der Waals surface area contributed by atoms with Gasteiger partial charge in [-0.15, -0.1) is 11.3 Å². The predicted octanol–water partition coefficient (Wildman–Crippen LogP) is 2.90. The number of thiophene rings is 1. The Bertz CT molecular complexity index is 394. The molecule has 1 saturated heterocycles. The highest BCUT2D eigenvalue weighted by atomic mass is 127. The fourth-order valence-corrected chi connectivity index (χ4v) is 3.46. The first-order chi connectivity index (χ1) is 8.20. The topological polar surface area (TPSA) is 38.3 Å². The number of rotatable bonds is 4. The van der Waals surface area contributed by atoms with Crippen LogP contribution in [0, 0.1) is 8.80 Å². The quantitative estimate of drug-likeness (QED) is 0.834. The summed E-state index contributed by atoms with van der Waals surface area (Å²) in [6.45, 7) is 3.69. The van der Waals surface area contributed by atoms with Crippen molar-refractivity contribution in [3.05, 3.63) is 19.9 Å². The Morgan fingerprint density at radius 2 is 2.53 bits per heavy atom. The highest BCUT2D eigenvalue weighted by Gasteiger charge is 2.26. The van der Waals surface area contributed by atoms with Gasteiger partial charge < -0.3 is 10.1 Å². The average Bonchev–Trinajstić information content (AvgIpc) is 2.94. The Balaban J connectivity index is 1.84. The SMILES string of the molecule is CCC1OCCC1CNC(=O)c1csc(I)c1. The summed E-state index contributed by atoms with van der Waals surface area (Å²) in [4.78, 5) is 11.9. The lowest BCUT2D eigenvalue weighted by molar-refractivity contribution is 0.0827. The number of nitrogens with one attached hydrogen (secondary N) is 1. The molecule has 3 nitrogen and oxygen atoms in total. The molecule has 0 saturated carbocycles. The van der Waals surface area contributed by atoms with Crippen LogP contribution in [0.1, 0.15) is 30.1 Å². The Hall–Kier alpha value is -0.140. The minimum atomic E-state index is 0.0333. The van der Waals surface area contributed by atoms with Gasteiger partial charge in [0.05, 0.1) is 14.6 Å². The van der Waals surface area contributed by atoms with Crippen LogP contribution < -0.4 is 5.32 Å². The predicted molar refractivity (Wildman–Crippen MR) is 77.5 cm³/mol. The molecule has 2 atom stereocenters. The van der Waals surface area contributed by atoms with Crippen LogP contribution in [0.3, 0.4) is 0 Å². The van der Waals surface area contributed by atoms with E-state index >= 15 is 0 Å². The third-order valence-electron chi connectivity index (χ3n) is 3.10. The van der Waals surface area contributed by atoms with E-state index in [4.69, 9.17) is 4.74 Å². The summed E-state index contributed by atoms with van der Waals surface area (Å²) in [5.41, 5.74) is 0.770. The molecule has 0 bridgehead atoms. The van der Waals surface area contributed by atoms with Gasteiger partial charge in [-0.05, 0) is 41.5 Å². The molecule has 0 aliphatic carbocycles. The van der Waals surface area contributed by atoms with Gasteiger partial charge in [0, 0.05) is 24.4 Å². The Morgan fingerprint density at radius 1 is 1.71 bits per heavy atom. The Labute approximate surface area is 119 Å². The minimum Gasteiger partial charge on any atom is -0.378 e. The number of carbonyl (C=O) groups is 1. The van der Waals surface area contributed by atoms with E-state index < -0.39 is 0 Å². The van der Waals surface area contributed by atoms with Crippen LogP contribution in [0.4, 0.5) is 0 Å². The molecule has 0 radical (unpaired) electrons. The third-order valence-corrected chi connectivity index (χ3v) is 4.89. The molecule has 1 N–H and O–H groups in total. The van der Waals surface area contributed by atoms with Gasteiger partial charge in [0.25, 0.3) is 5.91 Å². The zero-order valence-corrected chi connectivity index (χ0v) is 12.7. The normalized spacial score (nSPS) is 23.9. The van der Waals surface area contributed by atoms with Crippen LogP contribution in [-0.2, 0) is 4.74 Å². The average molecular weight is 365 g/mol. The van der Waals surface area contributed by atoms with Gasteiger partial charge in [-0.1, -0.05) is 6.92 Å². The molecule has 1 aliphatic heterocycles. The number of amides is 1. The third kappa shape index (κ3) is 3.42. The minimum absolute atomic E-state index is 0.0333. The number of hydrogen-bond acceptors (Lipinski definition) is 3. The van der Waals surface area contributed by atoms with Crippen LogP contribution in [0.5, 0.6) is 0 Å². The van der Waals surface area contributed by atoms with Crippen molar-refractivity contribution in [2.45, 2.75) is 25.9 Å². The van der Waals surface area contributed by atoms with Gasteiger partial charge in [0.15, 0.2) is 0 Å². The molecular formula is C12H16INO2S. The van der Waals surface area contributed by atoms with Crippen LogP contribution in [0.25, 0.3) is 0 Å². The molecule has 2 heterocycles. The summed E-state index contributed by atoms with van der Waals surface area (Å²) in [5.74, 6) is 0.507. The van der Waals surface area contributed by atoms with E-state index in [1.165, 1.54) is 0 Å². The molecule has 17 heavy (non-hydrogen) atoms. The Morgan fingerprint density at radius 3 is 3.18 bits per heavy atom. The molecule has 94 valence electrons. The molecule has 1 amide bonds. The summed E-state index contributed by atoms with van der Waals surface area (Å²) in [6.07, 6.45) is 2.40. The molecule has 2 rings (SSSR count). The molecule has 0 aromatic carbocycles. The summed E-state index contributed by atoms with van der Waals surface area (Å²) in [5, 5.41) is 4.91. The maximum atomic E-state index is 11.9. The van der Waals surface area contributed by atoms with Crippen molar-refractivity contribution in [2.24, 2.45) is 5.92 Å². The van der Waals surface area contributed by atoms with Crippen molar-refractivity contribution < 1.29 is 9.53 Å². The van der Waals surface area contributed by atoms with Gasteiger partial charge in [-0.25, -0.2) is 0 Å². The van der Waals surface area contributed by atoms with E-state index in [1.54, 1.807) is 11.3 Å². The summed E-state index contributed by atoms with van der Waals surface area (Å²) < 4.78 is 6.75. The second kappa shape index (κ2) is 6.15. The fraction of sp³-hybridized carbons (Fsp3) is 0.583. The van der Waals surface area contributed by atoms with Crippen LogP contribution in [-0.4, -0.2) is 25.2 Å². The fourth-order valence-electron chi connectivity index (χ4n) is 2.13. The van der Waals surface area contributed by atoms with E-state index in [1.807, 2.05) is 11.4 Å². The van der Waals surface area contributed by atoms with Crippen molar-refractivity contribution in [3.63, 3.8) is 0 Å². The first kappa shape index (κ1) is 13.3. The maximum absolute atomic E-state index is 11.9. The van der Waals surface area contributed by atoms with Gasteiger partial charge in [0.2, 0.25) is 0 Å². The largest absolute Gasteiger partial charge is 0.378 e. The molecular weight excluding hydrogens is 349 g/mol. The number of hydrogen-bond donors (Lipinski definition) is 1. The molecule has 1 fully saturated rings. The van der Waals surface area contributed by atoms with Crippen LogP contribution in [0.2, 0.25) is 0 Å². The molecule has 1 aliphatic rings. The highest BCUT2D eigenvalue weighted by Crippen LogP contribution is 2.23. The summed E-state index contributed by atoms with van der Waals surface area (Å²) in [6, 6.07) is 1.92. The van der Waals surface area contributed by atoms with Crippen molar-refractivity contribution in [2.75, 3.05) is 13.2 Å². The van der Waals surface area contributed by atoms with Crippen LogP contribution >= 0.6 is 33.9 Å². The van der Waals surface area contributed by atoms with E-state index in [9.17, 15) is 4.79 Å². The maximum Gasteiger partial charge on any atom is 0.252 e. The Kier molecular flexibility index (Phi) is 4.81. The number of halogens is 1. The van der Waals surface area contributed by atoms with E-state index in [2.05, 4.69) is 34.8 Å². The smallest absolute Gasteiger partial charge is 0.252 e. The second-order valence-corrected chi connectivity index (χ2v) is 7.02. The monoisotopic (exact) mass is 365 g/mol. The molecule has 1 aromatic rings. The van der Waals surface area contributed by atoms with Gasteiger partial charge >= 0.3 is 0 Å². The number of ether oxygens (including phenoxy) is 1. The highest BCUT2D eigenvalue weighted by molar-refractivity contribution is 14.1. The summed E-state index contributed by atoms with van der Waals surface area (Å²) >= 11 is 3.83. The van der Waals surface area contributed by atoms with Crippen molar-refractivity contribution in [3.8, 4) is 0 Å². The van der Waals surface area contributed by atoms with E-state index in [0.29, 0.717) is 12.0 Å². The van der Waals surface area contributed by atoms with Crippen LogP contribution in [0.15, 0.2) is 11.4 Å². The first-order valence-corrected chi connectivity index (χ1v) is 7.80. The zero-order chi connectivity index (χ0) is 12.3.